The maximum Gasteiger partial charge on any atom is 0.160 e. The van der Waals surface area contributed by atoms with E-state index in [4.69, 9.17) is 0 Å². The Morgan fingerprint density at radius 3 is 2.27 bits per heavy atom. The summed E-state index contributed by atoms with van der Waals surface area (Å²) in [6.45, 7) is 5.71. The van der Waals surface area contributed by atoms with Gasteiger partial charge in [-0.05, 0) is 20.3 Å². The number of hydrogen-bond donors (Lipinski definition) is 0. The zero-order chi connectivity index (χ0) is 8.65. The summed E-state index contributed by atoms with van der Waals surface area (Å²) in [4.78, 5) is 0. The lowest BCUT2D eigenvalue weighted by Crippen LogP contribution is -2.14. The molecule has 1 aliphatic heterocycles. The molecule has 0 unspecified atom stereocenters. The second-order valence-electron chi connectivity index (χ2n) is 3.11. The predicted molar refractivity (Wildman–Crippen MR) is 46.2 cm³/mol. The zero-order valence-electron chi connectivity index (χ0n) is 7.22. The Bertz CT molecular complexity index is 285. The third-order valence-electron chi connectivity index (χ3n) is 2.38. The third kappa shape index (κ3) is 1.34. The molecule has 11 heavy (non-hydrogen) atoms. The molecule has 2 nitrogen and oxygen atoms in total. The normalized spacial score (nSPS) is 29.5. The molecule has 0 fully saturated rings. The van der Waals surface area contributed by atoms with Crippen molar-refractivity contribution in [3.8, 4) is 0 Å². The van der Waals surface area contributed by atoms with E-state index in [0.717, 1.165) is 17.6 Å². The van der Waals surface area contributed by atoms with Gasteiger partial charge in [-0.2, -0.15) is 0 Å². The van der Waals surface area contributed by atoms with Crippen LogP contribution in [0.4, 0.5) is 0 Å². The van der Waals surface area contributed by atoms with Crippen LogP contribution in [0.1, 0.15) is 27.2 Å². The fraction of sp³-hybridized carbons (Fsp3) is 0.750. The van der Waals surface area contributed by atoms with Gasteiger partial charge in [0.05, 0.1) is 11.0 Å². The van der Waals surface area contributed by atoms with Gasteiger partial charge in [-0.3, -0.25) is 0 Å². The Kier molecular flexibility index (Phi) is 2.10. The molecule has 0 amide bonds. The minimum atomic E-state index is -2.81. The maximum atomic E-state index is 11.3. The highest BCUT2D eigenvalue weighted by Crippen LogP contribution is 2.28. The van der Waals surface area contributed by atoms with Gasteiger partial charge in [-0.1, -0.05) is 18.1 Å². The van der Waals surface area contributed by atoms with Crippen molar-refractivity contribution in [1.82, 2.24) is 0 Å². The first-order valence-electron chi connectivity index (χ1n) is 3.89. The average Bonchev–Trinajstić information content (AvgIpc) is 2.04. The smallest absolute Gasteiger partial charge is 0.160 e. The van der Waals surface area contributed by atoms with Gasteiger partial charge in [0.15, 0.2) is 9.84 Å². The summed E-state index contributed by atoms with van der Waals surface area (Å²) < 4.78 is 22.6. The van der Waals surface area contributed by atoms with E-state index in [0.29, 0.717) is 0 Å². The molecule has 0 bridgehead atoms. The van der Waals surface area contributed by atoms with Gasteiger partial charge in [0, 0.05) is 0 Å². The SMILES string of the molecule is CCC1=C(C)CS(=O)(=O)[C@H]1C. The molecule has 0 radical (unpaired) electrons. The van der Waals surface area contributed by atoms with Crippen molar-refractivity contribution >= 4 is 9.84 Å². The van der Waals surface area contributed by atoms with Gasteiger partial charge in [0.25, 0.3) is 0 Å². The molecule has 1 atom stereocenters. The van der Waals surface area contributed by atoms with E-state index in [9.17, 15) is 8.42 Å². The summed E-state index contributed by atoms with van der Waals surface area (Å²) in [6.07, 6.45) is 0.867. The van der Waals surface area contributed by atoms with Gasteiger partial charge >= 0.3 is 0 Å². The molecule has 64 valence electrons. The summed E-state index contributed by atoms with van der Waals surface area (Å²) in [5, 5.41) is -0.229. The molecule has 0 aromatic rings. The van der Waals surface area contributed by atoms with Crippen molar-refractivity contribution in [3.05, 3.63) is 11.1 Å². The van der Waals surface area contributed by atoms with Crippen molar-refractivity contribution in [2.24, 2.45) is 0 Å². The Morgan fingerprint density at radius 2 is 2.09 bits per heavy atom. The van der Waals surface area contributed by atoms with Crippen LogP contribution in [0.5, 0.6) is 0 Å². The van der Waals surface area contributed by atoms with Crippen molar-refractivity contribution in [1.29, 1.82) is 0 Å². The van der Waals surface area contributed by atoms with Crippen LogP contribution in [-0.2, 0) is 9.84 Å². The van der Waals surface area contributed by atoms with E-state index >= 15 is 0 Å². The van der Waals surface area contributed by atoms with Crippen LogP contribution in [0.2, 0.25) is 0 Å². The van der Waals surface area contributed by atoms with Crippen LogP contribution < -0.4 is 0 Å². The Morgan fingerprint density at radius 1 is 1.55 bits per heavy atom. The molecule has 0 aromatic heterocycles. The predicted octanol–water partition coefficient (Wildman–Crippen LogP) is 1.53. The molecule has 0 saturated heterocycles. The second kappa shape index (κ2) is 2.63. The topological polar surface area (TPSA) is 34.1 Å². The first kappa shape index (κ1) is 8.78. The Labute approximate surface area is 68.2 Å². The molecule has 0 aliphatic carbocycles. The first-order chi connectivity index (χ1) is 4.99. The van der Waals surface area contributed by atoms with Crippen LogP contribution in [0, 0.1) is 0 Å². The van der Waals surface area contributed by atoms with Crippen LogP contribution in [-0.4, -0.2) is 19.4 Å². The summed E-state index contributed by atoms with van der Waals surface area (Å²) in [5.41, 5.74) is 2.17. The van der Waals surface area contributed by atoms with Crippen LogP contribution >= 0.6 is 0 Å². The Balaban J connectivity index is 3.06. The largest absolute Gasteiger partial charge is 0.228 e. The van der Waals surface area contributed by atoms with E-state index in [-0.39, 0.29) is 11.0 Å². The summed E-state index contributed by atoms with van der Waals surface area (Å²) in [6, 6.07) is 0. The minimum absolute atomic E-state index is 0.229. The van der Waals surface area contributed by atoms with E-state index < -0.39 is 9.84 Å². The lowest BCUT2D eigenvalue weighted by Gasteiger charge is -2.05. The van der Waals surface area contributed by atoms with E-state index in [1.54, 1.807) is 6.92 Å². The molecule has 0 N–H and O–H groups in total. The van der Waals surface area contributed by atoms with Crippen LogP contribution in [0.3, 0.4) is 0 Å². The standard InChI is InChI=1S/C8H14O2S/c1-4-8-6(2)5-11(9,10)7(8)3/h7H,4-5H2,1-3H3/t7-/m0/s1. The van der Waals surface area contributed by atoms with Gasteiger partial charge < -0.3 is 0 Å². The maximum absolute atomic E-state index is 11.3. The van der Waals surface area contributed by atoms with Gasteiger partial charge in [-0.25, -0.2) is 8.42 Å². The third-order valence-corrected chi connectivity index (χ3v) is 4.57. The van der Waals surface area contributed by atoms with E-state index in [1.165, 1.54) is 0 Å². The quantitative estimate of drug-likeness (QED) is 0.565. The first-order valence-corrected chi connectivity index (χ1v) is 5.60. The lowest BCUT2D eigenvalue weighted by molar-refractivity contribution is 0.594. The summed E-state index contributed by atoms with van der Waals surface area (Å²) >= 11 is 0. The second-order valence-corrected chi connectivity index (χ2v) is 5.43. The fourth-order valence-electron chi connectivity index (χ4n) is 1.67. The molecule has 3 heteroatoms. The van der Waals surface area contributed by atoms with Crippen molar-refractivity contribution < 1.29 is 8.42 Å². The van der Waals surface area contributed by atoms with Crippen molar-refractivity contribution in [2.75, 3.05) is 5.75 Å². The lowest BCUT2D eigenvalue weighted by atomic mass is 10.1. The highest BCUT2D eigenvalue weighted by Gasteiger charge is 2.31. The zero-order valence-corrected chi connectivity index (χ0v) is 8.03. The molecule has 1 aliphatic rings. The fourth-order valence-corrected chi connectivity index (χ4v) is 3.51. The van der Waals surface area contributed by atoms with E-state index in [1.807, 2.05) is 13.8 Å². The van der Waals surface area contributed by atoms with Gasteiger partial charge in [0.2, 0.25) is 0 Å². The molecule has 1 rings (SSSR count). The van der Waals surface area contributed by atoms with Crippen molar-refractivity contribution in [2.45, 2.75) is 32.4 Å². The van der Waals surface area contributed by atoms with E-state index in [2.05, 4.69) is 0 Å². The number of sulfone groups is 1. The molecular weight excluding hydrogens is 160 g/mol. The number of hydrogen-bond acceptors (Lipinski definition) is 2. The molecular formula is C8H14O2S. The number of rotatable bonds is 1. The highest BCUT2D eigenvalue weighted by atomic mass is 32.2. The van der Waals surface area contributed by atoms with Crippen molar-refractivity contribution in [3.63, 3.8) is 0 Å². The molecule has 0 spiro atoms. The van der Waals surface area contributed by atoms with Crippen LogP contribution in [0.25, 0.3) is 0 Å². The van der Waals surface area contributed by atoms with Crippen LogP contribution in [0.15, 0.2) is 11.1 Å². The molecule has 1 heterocycles. The average molecular weight is 174 g/mol. The Hall–Kier alpha value is -0.310. The van der Waals surface area contributed by atoms with Gasteiger partial charge in [0.1, 0.15) is 0 Å². The highest BCUT2D eigenvalue weighted by molar-refractivity contribution is 7.92. The summed E-state index contributed by atoms with van der Waals surface area (Å²) in [5.74, 6) is 0.275. The van der Waals surface area contributed by atoms with Gasteiger partial charge in [-0.15, -0.1) is 0 Å². The molecule has 0 saturated carbocycles. The minimum Gasteiger partial charge on any atom is -0.228 e. The summed E-state index contributed by atoms with van der Waals surface area (Å²) in [7, 11) is -2.81. The molecule has 0 aromatic carbocycles. The monoisotopic (exact) mass is 174 g/mol.